The maximum atomic E-state index is 4.52. The maximum absolute atomic E-state index is 4.52. The lowest BCUT2D eigenvalue weighted by Gasteiger charge is -2.12. The van der Waals surface area contributed by atoms with Crippen LogP contribution >= 0.6 is 0 Å². The molecule has 0 bridgehead atoms. The van der Waals surface area contributed by atoms with Crippen molar-refractivity contribution in [2.24, 2.45) is 10.9 Å². The van der Waals surface area contributed by atoms with E-state index in [1.54, 1.807) is 0 Å². The Labute approximate surface area is 71.0 Å². The lowest BCUT2D eigenvalue weighted by atomic mass is 9.91. The van der Waals surface area contributed by atoms with E-state index < -0.39 is 0 Å². The van der Waals surface area contributed by atoms with E-state index in [9.17, 15) is 0 Å². The quantitative estimate of drug-likeness (QED) is 0.597. The van der Waals surface area contributed by atoms with Gasteiger partial charge in [0.2, 0.25) is 0 Å². The van der Waals surface area contributed by atoms with Crippen molar-refractivity contribution in [1.29, 1.82) is 0 Å². The zero-order valence-corrected chi connectivity index (χ0v) is 6.75. The molecule has 1 aliphatic heterocycles. The standard InChI is InChI=1S/C10H10N2/c1-2-9-8(4-6-11-9)10-7(1)3-5-12-10/h1-2,4,6-7,11H,3,5H2. The van der Waals surface area contributed by atoms with Crippen molar-refractivity contribution in [3.8, 4) is 0 Å². The predicted octanol–water partition coefficient (Wildman–Crippen LogP) is 1.85. The molecule has 2 heteroatoms. The van der Waals surface area contributed by atoms with E-state index in [4.69, 9.17) is 0 Å². The molecule has 0 spiro atoms. The molecule has 2 heterocycles. The van der Waals surface area contributed by atoms with Crippen LogP contribution in [0.4, 0.5) is 0 Å². The number of aromatic amines is 1. The Hall–Kier alpha value is -1.31. The lowest BCUT2D eigenvalue weighted by molar-refractivity contribution is 0.819. The van der Waals surface area contributed by atoms with Crippen LogP contribution in [0, 0.1) is 5.92 Å². The minimum Gasteiger partial charge on any atom is -0.361 e. The second kappa shape index (κ2) is 2.09. The van der Waals surface area contributed by atoms with Gasteiger partial charge in [0.05, 0.1) is 5.71 Å². The first-order valence-electron chi connectivity index (χ1n) is 4.35. The molecule has 0 fully saturated rings. The normalized spacial score (nSPS) is 25.0. The third kappa shape index (κ3) is 0.670. The van der Waals surface area contributed by atoms with Gasteiger partial charge in [-0.1, -0.05) is 6.08 Å². The van der Waals surface area contributed by atoms with E-state index in [-0.39, 0.29) is 0 Å². The molecule has 2 aliphatic rings. The molecular weight excluding hydrogens is 148 g/mol. The highest BCUT2D eigenvalue weighted by molar-refractivity contribution is 6.08. The number of hydrogen-bond acceptors (Lipinski definition) is 1. The molecule has 2 nitrogen and oxygen atoms in total. The smallest absolute Gasteiger partial charge is 0.0511 e. The van der Waals surface area contributed by atoms with E-state index in [0.29, 0.717) is 5.92 Å². The number of allylic oxidation sites excluding steroid dienone is 1. The molecule has 0 saturated heterocycles. The first-order chi connectivity index (χ1) is 5.95. The van der Waals surface area contributed by atoms with Gasteiger partial charge in [0.1, 0.15) is 0 Å². The van der Waals surface area contributed by atoms with E-state index >= 15 is 0 Å². The highest BCUT2D eigenvalue weighted by Gasteiger charge is 2.24. The van der Waals surface area contributed by atoms with Gasteiger partial charge >= 0.3 is 0 Å². The zero-order valence-electron chi connectivity index (χ0n) is 6.75. The van der Waals surface area contributed by atoms with Crippen molar-refractivity contribution in [3.63, 3.8) is 0 Å². The summed E-state index contributed by atoms with van der Waals surface area (Å²) >= 11 is 0. The van der Waals surface area contributed by atoms with Gasteiger partial charge < -0.3 is 4.98 Å². The van der Waals surface area contributed by atoms with Gasteiger partial charge in [0, 0.05) is 29.9 Å². The molecule has 0 aromatic carbocycles. The molecule has 12 heavy (non-hydrogen) atoms. The summed E-state index contributed by atoms with van der Waals surface area (Å²) in [6.45, 7) is 0.995. The van der Waals surface area contributed by atoms with Crippen LogP contribution in [-0.4, -0.2) is 17.2 Å². The summed E-state index contributed by atoms with van der Waals surface area (Å²) in [5, 5.41) is 0. The van der Waals surface area contributed by atoms with Gasteiger partial charge in [-0.3, -0.25) is 4.99 Å². The fourth-order valence-corrected chi connectivity index (χ4v) is 2.01. The average molecular weight is 158 g/mol. The number of aliphatic imine (C=N–C) groups is 1. The van der Waals surface area contributed by atoms with E-state index in [1.807, 2.05) is 6.20 Å². The number of aromatic nitrogens is 1. The number of H-pyrrole nitrogens is 1. The van der Waals surface area contributed by atoms with Crippen LogP contribution in [0.15, 0.2) is 23.3 Å². The summed E-state index contributed by atoms with van der Waals surface area (Å²) in [7, 11) is 0. The van der Waals surface area contributed by atoms with Crippen LogP contribution in [-0.2, 0) is 0 Å². The van der Waals surface area contributed by atoms with Crippen LogP contribution in [0.3, 0.4) is 0 Å². The maximum Gasteiger partial charge on any atom is 0.0511 e. The van der Waals surface area contributed by atoms with Crippen molar-refractivity contribution in [1.82, 2.24) is 4.98 Å². The van der Waals surface area contributed by atoms with Crippen molar-refractivity contribution in [2.75, 3.05) is 6.54 Å². The van der Waals surface area contributed by atoms with Crippen molar-refractivity contribution in [3.05, 3.63) is 29.6 Å². The third-order valence-corrected chi connectivity index (χ3v) is 2.62. The predicted molar refractivity (Wildman–Crippen MR) is 49.3 cm³/mol. The topological polar surface area (TPSA) is 28.1 Å². The van der Waals surface area contributed by atoms with Crippen molar-refractivity contribution >= 4 is 11.8 Å². The second-order valence-electron chi connectivity index (χ2n) is 3.33. The van der Waals surface area contributed by atoms with Gasteiger partial charge in [-0.05, 0) is 18.6 Å². The molecule has 1 aliphatic carbocycles. The van der Waals surface area contributed by atoms with Crippen LogP contribution in [0.5, 0.6) is 0 Å². The molecule has 1 N–H and O–H groups in total. The Morgan fingerprint density at radius 2 is 2.50 bits per heavy atom. The van der Waals surface area contributed by atoms with Crippen LogP contribution in [0.2, 0.25) is 0 Å². The van der Waals surface area contributed by atoms with E-state index in [1.165, 1.54) is 23.4 Å². The Morgan fingerprint density at radius 3 is 3.50 bits per heavy atom. The molecule has 1 unspecified atom stereocenters. The van der Waals surface area contributed by atoms with Gasteiger partial charge in [0.25, 0.3) is 0 Å². The molecule has 0 radical (unpaired) electrons. The Morgan fingerprint density at radius 1 is 1.50 bits per heavy atom. The highest BCUT2D eigenvalue weighted by Crippen LogP contribution is 2.28. The summed E-state index contributed by atoms with van der Waals surface area (Å²) < 4.78 is 0. The highest BCUT2D eigenvalue weighted by atomic mass is 14.8. The number of hydrogen-bond donors (Lipinski definition) is 1. The number of nitrogens with one attached hydrogen (secondary N) is 1. The number of rotatable bonds is 0. The van der Waals surface area contributed by atoms with Crippen LogP contribution < -0.4 is 0 Å². The van der Waals surface area contributed by atoms with Gasteiger partial charge in [-0.25, -0.2) is 0 Å². The van der Waals surface area contributed by atoms with E-state index in [0.717, 1.165) is 6.54 Å². The van der Waals surface area contributed by atoms with Gasteiger partial charge in [-0.15, -0.1) is 0 Å². The van der Waals surface area contributed by atoms with Crippen LogP contribution in [0.1, 0.15) is 17.7 Å². The molecule has 1 atom stereocenters. The molecule has 3 rings (SSSR count). The molecule has 1 aromatic heterocycles. The Balaban J connectivity index is 2.23. The largest absolute Gasteiger partial charge is 0.361 e. The fourth-order valence-electron chi connectivity index (χ4n) is 2.01. The summed E-state index contributed by atoms with van der Waals surface area (Å²) in [6, 6.07) is 2.12. The molecule has 0 amide bonds. The summed E-state index contributed by atoms with van der Waals surface area (Å²) in [4.78, 5) is 7.72. The molecule has 60 valence electrons. The monoisotopic (exact) mass is 158 g/mol. The zero-order chi connectivity index (χ0) is 7.97. The minimum absolute atomic E-state index is 0.591. The molecule has 1 aromatic rings. The third-order valence-electron chi connectivity index (χ3n) is 2.62. The second-order valence-corrected chi connectivity index (χ2v) is 3.33. The SMILES string of the molecule is C1=CC2CCN=C2c2cc[nH]c21. The average Bonchev–Trinajstić information content (AvgIpc) is 2.71. The molecule has 0 saturated carbocycles. The van der Waals surface area contributed by atoms with Gasteiger partial charge in [0.15, 0.2) is 0 Å². The first-order valence-corrected chi connectivity index (χ1v) is 4.35. The van der Waals surface area contributed by atoms with Crippen LogP contribution in [0.25, 0.3) is 6.08 Å². The fraction of sp³-hybridized carbons (Fsp3) is 0.300. The lowest BCUT2D eigenvalue weighted by Crippen LogP contribution is -2.12. The number of fused-ring (bicyclic) bond motifs is 3. The Kier molecular flexibility index (Phi) is 1.09. The van der Waals surface area contributed by atoms with Gasteiger partial charge in [-0.2, -0.15) is 0 Å². The van der Waals surface area contributed by atoms with Crippen molar-refractivity contribution in [2.45, 2.75) is 6.42 Å². The summed E-state index contributed by atoms with van der Waals surface area (Å²) in [6.07, 6.45) is 7.60. The summed E-state index contributed by atoms with van der Waals surface area (Å²) in [5.41, 5.74) is 3.81. The van der Waals surface area contributed by atoms with E-state index in [2.05, 4.69) is 28.2 Å². The molecular formula is C10H10N2. The number of nitrogens with zero attached hydrogens (tertiary/aromatic N) is 1. The summed E-state index contributed by atoms with van der Waals surface area (Å²) in [5.74, 6) is 0.591. The minimum atomic E-state index is 0.591. The Bertz CT molecular complexity index is 371. The first kappa shape index (κ1) is 6.23. The van der Waals surface area contributed by atoms with Crippen molar-refractivity contribution < 1.29 is 0 Å².